The van der Waals surface area contributed by atoms with Crippen molar-refractivity contribution in [1.29, 1.82) is 0 Å². The summed E-state index contributed by atoms with van der Waals surface area (Å²) in [6.45, 7) is 3.71. The summed E-state index contributed by atoms with van der Waals surface area (Å²) in [5.41, 5.74) is 3.35. The number of ketones is 1. The summed E-state index contributed by atoms with van der Waals surface area (Å²) in [6.07, 6.45) is 2.34. The lowest BCUT2D eigenvalue weighted by molar-refractivity contribution is -0.154. The van der Waals surface area contributed by atoms with E-state index >= 15 is 0 Å². The van der Waals surface area contributed by atoms with Crippen LogP contribution in [-0.2, 0) is 17.6 Å². The minimum Gasteiger partial charge on any atom is -0.468 e. The van der Waals surface area contributed by atoms with Crippen molar-refractivity contribution < 1.29 is 27.4 Å². The van der Waals surface area contributed by atoms with Crippen LogP contribution in [0.5, 0.6) is 5.88 Å². The van der Waals surface area contributed by atoms with Gasteiger partial charge in [-0.15, -0.1) is 0 Å². The second-order valence-electron chi connectivity index (χ2n) is 9.45. The molecule has 2 aromatic rings. The lowest BCUT2D eigenvalue weighted by Gasteiger charge is -2.30. The zero-order valence-corrected chi connectivity index (χ0v) is 20.0. The van der Waals surface area contributed by atoms with Crippen molar-refractivity contribution in [3.05, 3.63) is 53.0 Å². The minimum absolute atomic E-state index is 0.0249. The molecule has 1 fully saturated rings. The number of aryl methyl sites for hydroxylation is 1. The Hall–Kier alpha value is -2.52. The fourth-order valence-corrected chi connectivity index (χ4v) is 4.80. The number of carbonyl (C=O) groups is 1. The molecule has 0 aromatic carbocycles. The quantitative estimate of drug-likeness (QED) is 0.504. The molecule has 0 amide bonds. The SMILES string of the molecule is Cc1ncccc1C(=O)C[C@H]1CC[C@H](CCN2CCc3ccc(OCC(F)(F)F)nc3CC2)OC1. The highest BCUT2D eigenvalue weighted by atomic mass is 19.4. The van der Waals surface area contributed by atoms with Crippen molar-refractivity contribution in [3.8, 4) is 5.88 Å². The lowest BCUT2D eigenvalue weighted by atomic mass is 9.90. The van der Waals surface area contributed by atoms with Gasteiger partial charge in [0.1, 0.15) is 0 Å². The van der Waals surface area contributed by atoms with Crippen molar-refractivity contribution in [3.63, 3.8) is 0 Å². The molecule has 2 aliphatic heterocycles. The molecule has 0 bridgehead atoms. The minimum atomic E-state index is -4.37. The van der Waals surface area contributed by atoms with Crippen LogP contribution in [0.4, 0.5) is 13.2 Å². The summed E-state index contributed by atoms with van der Waals surface area (Å²) >= 11 is 0. The van der Waals surface area contributed by atoms with Crippen LogP contribution in [0.15, 0.2) is 30.5 Å². The molecule has 0 saturated carbocycles. The zero-order chi connectivity index (χ0) is 24.8. The Labute approximate surface area is 203 Å². The molecule has 0 radical (unpaired) electrons. The van der Waals surface area contributed by atoms with Crippen LogP contribution in [0, 0.1) is 12.8 Å². The third-order valence-electron chi connectivity index (χ3n) is 6.80. The number of Topliss-reactive ketones (excluding diaryl/α,β-unsaturated/α-hetero) is 1. The first kappa shape index (κ1) is 25.6. The Morgan fingerprint density at radius 3 is 2.77 bits per heavy atom. The van der Waals surface area contributed by atoms with E-state index in [1.165, 1.54) is 6.07 Å². The Morgan fingerprint density at radius 2 is 2.03 bits per heavy atom. The maximum atomic E-state index is 12.6. The number of hydrogen-bond donors (Lipinski definition) is 0. The molecule has 1 saturated heterocycles. The van der Waals surface area contributed by atoms with E-state index in [9.17, 15) is 18.0 Å². The van der Waals surface area contributed by atoms with E-state index in [-0.39, 0.29) is 23.7 Å². The van der Waals surface area contributed by atoms with Crippen LogP contribution >= 0.6 is 0 Å². The number of pyridine rings is 2. The van der Waals surface area contributed by atoms with Gasteiger partial charge >= 0.3 is 6.18 Å². The molecule has 0 spiro atoms. The number of halogens is 3. The molecule has 2 aromatic heterocycles. The largest absolute Gasteiger partial charge is 0.468 e. The fourth-order valence-electron chi connectivity index (χ4n) is 4.80. The van der Waals surface area contributed by atoms with Crippen molar-refractivity contribution in [1.82, 2.24) is 14.9 Å². The topological polar surface area (TPSA) is 64.6 Å². The maximum Gasteiger partial charge on any atom is 0.422 e. The van der Waals surface area contributed by atoms with Crippen LogP contribution < -0.4 is 4.74 Å². The van der Waals surface area contributed by atoms with Gasteiger partial charge in [-0.05, 0) is 56.2 Å². The van der Waals surface area contributed by atoms with Gasteiger partial charge in [-0.2, -0.15) is 13.2 Å². The van der Waals surface area contributed by atoms with Gasteiger partial charge in [-0.3, -0.25) is 9.78 Å². The Bertz CT molecular complexity index is 1010. The smallest absolute Gasteiger partial charge is 0.422 e. The number of nitrogens with zero attached hydrogens (tertiary/aromatic N) is 3. The average Bonchev–Trinajstić information content (AvgIpc) is 3.04. The Balaban J connectivity index is 1.19. The van der Waals surface area contributed by atoms with Crippen molar-refractivity contribution in [2.24, 2.45) is 5.92 Å². The number of aromatic nitrogens is 2. The van der Waals surface area contributed by atoms with Crippen LogP contribution in [0.2, 0.25) is 0 Å². The van der Waals surface area contributed by atoms with Crippen molar-refractivity contribution in [2.75, 3.05) is 32.8 Å². The molecule has 9 heteroatoms. The highest BCUT2D eigenvalue weighted by Gasteiger charge is 2.29. The maximum absolute atomic E-state index is 12.6. The fraction of sp³-hybridized carbons (Fsp3) is 0.577. The summed E-state index contributed by atoms with van der Waals surface area (Å²) in [4.78, 5) is 23.5. The van der Waals surface area contributed by atoms with Gasteiger partial charge in [-0.25, -0.2) is 4.98 Å². The Kier molecular flexibility index (Phi) is 8.38. The number of ether oxygens (including phenoxy) is 2. The molecule has 2 aliphatic rings. The van der Waals surface area contributed by atoms with E-state index in [1.54, 1.807) is 12.3 Å². The molecule has 35 heavy (non-hydrogen) atoms. The number of carbonyl (C=O) groups excluding carboxylic acids is 1. The molecule has 0 unspecified atom stereocenters. The average molecular weight is 492 g/mol. The molecule has 2 atom stereocenters. The molecule has 0 aliphatic carbocycles. The van der Waals surface area contributed by atoms with Crippen molar-refractivity contribution >= 4 is 5.78 Å². The monoisotopic (exact) mass is 491 g/mol. The summed E-state index contributed by atoms with van der Waals surface area (Å²) in [6, 6.07) is 6.98. The summed E-state index contributed by atoms with van der Waals surface area (Å²) < 4.78 is 48.1. The van der Waals surface area contributed by atoms with Crippen LogP contribution in [0.3, 0.4) is 0 Å². The van der Waals surface area contributed by atoms with Gasteiger partial charge in [-0.1, -0.05) is 6.07 Å². The van der Waals surface area contributed by atoms with Gasteiger partial charge in [0.05, 0.1) is 12.7 Å². The first-order chi connectivity index (χ1) is 16.8. The standard InChI is InChI=1S/C26H32F3N3O3/c1-18-22(3-2-11-30-18)24(33)15-19-4-6-21(34-16-19)9-13-32-12-8-20-5-7-25(31-23(20)10-14-32)35-17-26(27,28)29/h2-3,5,7,11,19,21H,4,6,8-10,12-17H2,1H3/t19-,21-/m1/s1. The van der Waals surface area contributed by atoms with Crippen LogP contribution in [0.25, 0.3) is 0 Å². The summed E-state index contributed by atoms with van der Waals surface area (Å²) in [5, 5.41) is 0. The number of rotatable bonds is 8. The molecule has 4 rings (SSSR count). The highest BCUT2D eigenvalue weighted by Crippen LogP contribution is 2.26. The highest BCUT2D eigenvalue weighted by molar-refractivity contribution is 5.97. The molecule has 4 heterocycles. The molecular formula is C26H32F3N3O3. The zero-order valence-electron chi connectivity index (χ0n) is 20.0. The van der Waals surface area contributed by atoms with E-state index in [2.05, 4.69) is 14.9 Å². The van der Waals surface area contributed by atoms with E-state index in [0.717, 1.165) is 62.3 Å². The number of fused-ring (bicyclic) bond motifs is 1. The van der Waals surface area contributed by atoms with E-state index in [0.29, 0.717) is 25.0 Å². The number of alkyl halides is 3. The lowest BCUT2D eigenvalue weighted by Crippen LogP contribution is -2.33. The van der Waals surface area contributed by atoms with E-state index in [4.69, 9.17) is 9.47 Å². The second kappa shape index (κ2) is 11.5. The van der Waals surface area contributed by atoms with Gasteiger partial charge in [0, 0.05) is 61.7 Å². The molecule has 190 valence electrons. The first-order valence-corrected chi connectivity index (χ1v) is 12.2. The summed E-state index contributed by atoms with van der Waals surface area (Å²) in [5.74, 6) is 0.398. The molecule has 6 nitrogen and oxygen atoms in total. The number of hydrogen-bond acceptors (Lipinski definition) is 6. The van der Waals surface area contributed by atoms with Crippen molar-refractivity contribution in [2.45, 2.75) is 57.7 Å². The van der Waals surface area contributed by atoms with Gasteiger partial charge < -0.3 is 14.4 Å². The second-order valence-corrected chi connectivity index (χ2v) is 9.45. The van der Waals surface area contributed by atoms with Crippen LogP contribution in [0.1, 0.15) is 53.0 Å². The Morgan fingerprint density at radius 1 is 1.20 bits per heavy atom. The predicted octanol–water partition coefficient (Wildman–Crippen LogP) is 4.59. The summed E-state index contributed by atoms with van der Waals surface area (Å²) in [7, 11) is 0. The third kappa shape index (κ3) is 7.48. The van der Waals surface area contributed by atoms with Gasteiger partial charge in [0.2, 0.25) is 5.88 Å². The van der Waals surface area contributed by atoms with Gasteiger partial charge in [0.25, 0.3) is 0 Å². The molecule has 0 N–H and O–H groups in total. The normalized spacial score (nSPS) is 21.3. The predicted molar refractivity (Wildman–Crippen MR) is 125 cm³/mol. The first-order valence-electron chi connectivity index (χ1n) is 12.2. The van der Waals surface area contributed by atoms with Crippen LogP contribution in [-0.4, -0.2) is 65.8 Å². The van der Waals surface area contributed by atoms with E-state index in [1.807, 2.05) is 19.1 Å². The third-order valence-corrected chi connectivity index (χ3v) is 6.80. The van der Waals surface area contributed by atoms with E-state index < -0.39 is 12.8 Å². The molecular weight excluding hydrogens is 459 g/mol. The van der Waals surface area contributed by atoms with Gasteiger partial charge in [0.15, 0.2) is 12.4 Å².